The summed E-state index contributed by atoms with van der Waals surface area (Å²) in [7, 11) is -3.69. The Kier molecular flexibility index (Phi) is 4.25. The lowest BCUT2D eigenvalue weighted by Gasteiger charge is -2.11. The van der Waals surface area contributed by atoms with Crippen molar-refractivity contribution < 1.29 is 8.42 Å². The molecule has 0 atom stereocenters. The average Bonchev–Trinajstić information content (AvgIpc) is 2.99. The van der Waals surface area contributed by atoms with Crippen LogP contribution in [0.2, 0.25) is 0 Å². The predicted octanol–water partition coefficient (Wildman–Crippen LogP) is 2.91. The number of imidazole rings is 1. The first kappa shape index (κ1) is 15.8. The second kappa shape index (κ2) is 6.19. The highest BCUT2D eigenvalue weighted by Crippen LogP contribution is 2.29. The fourth-order valence-electron chi connectivity index (χ4n) is 2.32. The van der Waals surface area contributed by atoms with Crippen molar-refractivity contribution in [3.63, 3.8) is 0 Å². The van der Waals surface area contributed by atoms with Crippen molar-refractivity contribution in [1.29, 1.82) is 0 Å². The smallest absolute Gasteiger partial charge is 0.238 e. The normalized spacial score (nSPS) is 11.6. The number of benzene rings is 2. The zero-order chi connectivity index (χ0) is 16.4. The molecule has 2 N–H and O–H groups in total. The highest BCUT2D eigenvalue weighted by molar-refractivity contribution is 7.98. The van der Waals surface area contributed by atoms with Crippen molar-refractivity contribution >= 4 is 21.8 Å². The molecule has 1 aromatic heterocycles. The fourth-order valence-corrected chi connectivity index (χ4v) is 3.38. The van der Waals surface area contributed by atoms with Crippen molar-refractivity contribution in [3.8, 4) is 16.9 Å². The molecule has 0 aliphatic heterocycles. The van der Waals surface area contributed by atoms with Gasteiger partial charge in [0.25, 0.3) is 0 Å². The Morgan fingerprint density at radius 1 is 1.04 bits per heavy atom. The molecule has 1 heterocycles. The first-order chi connectivity index (χ1) is 11.0. The van der Waals surface area contributed by atoms with E-state index in [0.717, 1.165) is 22.1 Å². The minimum atomic E-state index is -3.69. The Hall–Kier alpha value is -2.09. The molecule has 0 spiro atoms. The lowest BCUT2D eigenvalue weighted by molar-refractivity contribution is 0.598. The number of rotatable bonds is 4. The molecule has 5 nitrogen and oxygen atoms in total. The Balaban J connectivity index is 2.13. The summed E-state index contributed by atoms with van der Waals surface area (Å²) in [5.41, 5.74) is 2.76. The summed E-state index contributed by atoms with van der Waals surface area (Å²) in [4.78, 5) is 4.54. The van der Waals surface area contributed by atoms with E-state index in [1.54, 1.807) is 30.1 Å². The average molecular weight is 345 g/mol. The quantitative estimate of drug-likeness (QED) is 0.738. The first-order valence-electron chi connectivity index (χ1n) is 6.81. The highest BCUT2D eigenvalue weighted by Gasteiger charge is 2.14. The van der Waals surface area contributed by atoms with E-state index in [1.807, 2.05) is 41.2 Å². The minimum absolute atomic E-state index is 0.0946. The molecule has 3 aromatic rings. The second-order valence-corrected chi connectivity index (χ2v) is 7.21. The number of para-hydroxylation sites is 1. The van der Waals surface area contributed by atoms with Gasteiger partial charge in [-0.3, -0.25) is 4.57 Å². The van der Waals surface area contributed by atoms with Crippen LogP contribution < -0.4 is 5.14 Å². The lowest BCUT2D eigenvalue weighted by Crippen LogP contribution is -2.11. The molecule has 23 heavy (non-hydrogen) atoms. The Labute approximate surface area is 139 Å². The molecule has 0 unspecified atom stereocenters. The van der Waals surface area contributed by atoms with E-state index >= 15 is 0 Å². The summed E-state index contributed by atoms with van der Waals surface area (Å²) in [5.74, 6) is 0. The lowest BCUT2D eigenvalue weighted by atomic mass is 10.1. The summed E-state index contributed by atoms with van der Waals surface area (Å²) in [6, 6.07) is 16.4. The summed E-state index contributed by atoms with van der Waals surface area (Å²) in [5, 5.41) is 6.01. The summed E-state index contributed by atoms with van der Waals surface area (Å²) in [6.45, 7) is 0. The van der Waals surface area contributed by atoms with Gasteiger partial charge in [-0.2, -0.15) is 0 Å². The standard InChI is InChI=1S/C16H15N3O2S2/c1-22-16-18-11-15(19(16)13-5-3-2-4-6-13)12-7-9-14(10-8-12)23(17,20)21/h2-11H,1H3,(H2,17,20,21). The minimum Gasteiger partial charge on any atom is -0.287 e. The van der Waals surface area contributed by atoms with Gasteiger partial charge in [-0.25, -0.2) is 18.5 Å². The van der Waals surface area contributed by atoms with Gasteiger partial charge in [0.15, 0.2) is 5.16 Å². The Bertz CT molecular complexity index is 918. The molecule has 0 aliphatic carbocycles. The van der Waals surface area contributed by atoms with E-state index in [-0.39, 0.29) is 4.90 Å². The van der Waals surface area contributed by atoms with Crippen molar-refractivity contribution in [3.05, 3.63) is 60.8 Å². The monoisotopic (exact) mass is 345 g/mol. The summed E-state index contributed by atoms with van der Waals surface area (Å²) < 4.78 is 24.8. The van der Waals surface area contributed by atoms with E-state index in [9.17, 15) is 8.42 Å². The Morgan fingerprint density at radius 2 is 1.70 bits per heavy atom. The van der Waals surface area contributed by atoms with Crippen molar-refractivity contribution in [1.82, 2.24) is 9.55 Å². The molecule has 7 heteroatoms. The maximum Gasteiger partial charge on any atom is 0.238 e. The van der Waals surface area contributed by atoms with Crippen molar-refractivity contribution in [2.24, 2.45) is 5.14 Å². The SMILES string of the molecule is CSc1ncc(-c2ccc(S(N)(=O)=O)cc2)n1-c1ccccc1. The van der Waals surface area contributed by atoms with E-state index in [4.69, 9.17) is 5.14 Å². The van der Waals surface area contributed by atoms with Gasteiger partial charge in [-0.05, 0) is 30.5 Å². The third-order valence-electron chi connectivity index (χ3n) is 3.41. The molecule has 0 fully saturated rings. The fraction of sp³-hybridized carbons (Fsp3) is 0.0625. The summed E-state index contributed by atoms with van der Waals surface area (Å²) in [6.07, 6.45) is 3.75. The van der Waals surface area contributed by atoms with Gasteiger partial charge < -0.3 is 0 Å². The van der Waals surface area contributed by atoms with Crippen LogP contribution in [0.5, 0.6) is 0 Å². The number of hydrogen-bond acceptors (Lipinski definition) is 4. The van der Waals surface area contributed by atoms with Crippen LogP contribution in [-0.4, -0.2) is 24.2 Å². The van der Waals surface area contributed by atoms with Crippen molar-refractivity contribution in [2.45, 2.75) is 10.1 Å². The Morgan fingerprint density at radius 3 is 2.26 bits per heavy atom. The highest BCUT2D eigenvalue weighted by atomic mass is 32.2. The van der Waals surface area contributed by atoms with Crippen LogP contribution in [0.15, 0.2) is 70.8 Å². The molecule has 0 amide bonds. The zero-order valence-corrected chi connectivity index (χ0v) is 14.0. The molecular weight excluding hydrogens is 330 g/mol. The van der Waals surface area contributed by atoms with Crippen LogP contribution in [0.25, 0.3) is 16.9 Å². The van der Waals surface area contributed by atoms with E-state index in [1.165, 1.54) is 12.1 Å². The third kappa shape index (κ3) is 3.17. The number of nitrogens with two attached hydrogens (primary N) is 1. The van der Waals surface area contributed by atoms with Gasteiger partial charge in [0, 0.05) is 11.3 Å². The van der Waals surface area contributed by atoms with E-state index in [0.29, 0.717) is 0 Å². The maximum atomic E-state index is 11.4. The molecule has 0 aliphatic rings. The molecule has 0 bridgehead atoms. The van der Waals surface area contributed by atoms with Gasteiger partial charge in [0.1, 0.15) is 0 Å². The number of thioether (sulfide) groups is 1. The first-order valence-corrected chi connectivity index (χ1v) is 9.58. The van der Waals surface area contributed by atoms with E-state index in [2.05, 4.69) is 4.98 Å². The molecule has 3 rings (SSSR count). The van der Waals surface area contributed by atoms with Gasteiger partial charge in [-0.1, -0.05) is 42.1 Å². The summed E-state index contributed by atoms with van der Waals surface area (Å²) >= 11 is 1.55. The predicted molar refractivity (Wildman–Crippen MR) is 92.2 cm³/mol. The van der Waals surface area contributed by atoms with Crippen LogP contribution in [-0.2, 0) is 10.0 Å². The van der Waals surface area contributed by atoms with Crippen LogP contribution in [0, 0.1) is 0 Å². The third-order valence-corrected chi connectivity index (χ3v) is 4.99. The van der Waals surface area contributed by atoms with Crippen LogP contribution in [0.3, 0.4) is 0 Å². The van der Waals surface area contributed by atoms with E-state index < -0.39 is 10.0 Å². The van der Waals surface area contributed by atoms with Gasteiger partial charge in [-0.15, -0.1) is 0 Å². The number of sulfonamides is 1. The molecule has 2 aromatic carbocycles. The molecular formula is C16H15N3O2S2. The van der Waals surface area contributed by atoms with Crippen LogP contribution >= 0.6 is 11.8 Å². The van der Waals surface area contributed by atoms with Crippen LogP contribution in [0.1, 0.15) is 0 Å². The largest absolute Gasteiger partial charge is 0.287 e. The molecule has 0 saturated heterocycles. The molecule has 0 saturated carbocycles. The molecule has 0 radical (unpaired) electrons. The zero-order valence-electron chi connectivity index (χ0n) is 12.4. The maximum absolute atomic E-state index is 11.4. The number of primary sulfonamides is 1. The van der Waals surface area contributed by atoms with Crippen LogP contribution in [0.4, 0.5) is 0 Å². The van der Waals surface area contributed by atoms with Gasteiger partial charge in [0.05, 0.1) is 16.8 Å². The van der Waals surface area contributed by atoms with Crippen molar-refractivity contribution in [2.75, 3.05) is 6.26 Å². The molecule has 118 valence electrons. The van der Waals surface area contributed by atoms with Gasteiger partial charge in [0.2, 0.25) is 10.0 Å². The van der Waals surface area contributed by atoms with Gasteiger partial charge >= 0.3 is 0 Å². The number of nitrogens with zero attached hydrogens (tertiary/aromatic N) is 2. The second-order valence-electron chi connectivity index (χ2n) is 4.87. The number of aromatic nitrogens is 2. The number of hydrogen-bond donors (Lipinski definition) is 1. The topological polar surface area (TPSA) is 78.0 Å².